The third-order valence-corrected chi connectivity index (χ3v) is 4.79. The van der Waals surface area contributed by atoms with Crippen LogP contribution < -0.4 is 16.2 Å². The molecule has 1 saturated heterocycles. The summed E-state index contributed by atoms with van der Waals surface area (Å²) in [5.41, 5.74) is 0.328. The van der Waals surface area contributed by atoms with Crippen LogP contribution in [0.1, 0.15) is 55.4 Å². The zero-order valence-corrected chi connectivity index (χ0v) is 12.3. The quantitative estimate of drug-likeness (QED) is 0.773. The van der Waals surface area contributed by atoms with E-state index in [1.807, 2.05) is 0 Å². The van der Waals surface area contributed by atoms with Crippen LogP contribution in [0.3, 0.4) is 0 Å². The van der Waals surface area contributed by atoms with Gasteiger partial charge in [0.05, 0.1) is 0 Å². The molecule has 3 N–H and O–H groups in total. The average molecular weight is 289 g/mol. The Labute approximate surface area is 124 Å². The summed E-state index contributed by atoms with van der Waals surface area (Å²) in [7, 11) is 0. The van der Waals surface area contributed by atoms with Gasteiger partial charge in [-0.3, -0.25) is 9.59 Å². The average Bonchev–Trinajstić information content (AvgIpc) is 2.48. The van der Waals surface area contributed by atoms with Crippen LogP contribution in [0.15, 0.2) is 23.0 Å². The fraction of sp³-hybridized carbons (Fsp3) is 0.625. The van der Waals surface area contributed by atoms with Gasteiger partial charge in [-0.15, -0.1) is 0 Å². The highest BCUT2D eigenvalue weighted by atomic mass is 16.2. The van der Waals surface area contributed by atoms with Gasteiger partial charge in [-0.2, -0.15) is 0 Å². The topological polar surface area (TPSA) is 74.0 Å². The lowest BCUT2D eigenvalue weighted by atomic mass is 9.75. The Morgan fingerprint density at radius 2 is 2.05 bits per heavy atom. The first kappa shape index (κ1) is 14.3. The third-order valence-electron chi connectivity index (χ3n) is 4.79. The first-order valence-electron chi connectivity index (χ1n) is 7.92. The molecule has 1 atom stereocenters. The molecule has 0 radical (unpaired) electrons. The lowest BCUT2D eigenvalue weighted by molar-refractivity contribution is 0.0887. The maximum Gasteiger partial charge on any atom is 0.268 e. The molecule has 0 bridgehead atoms. The van der Waals surface area contributed by atoms with Crippen molar-refractivity contribution in [1.82, 2.24) is 15.6 Å². The molecule has 1 aromatic heterocycles. The van der Waals surface area contributed by atoms with Crippen molar-refractivity contribution in [2.45, 2.75) is 56.5 Å². The monoisotopic (exact) mass is 289 g/mol. The molecule has 0 aromatic carbocycles. The van der Waals surface area contributed by atoms with E-state index in [-0.39, 0.29) is 23.0 Å². The van der Waals surface area contributed by atoms with Gasteiger partial charge in [0, 0.05) is 17.6 Å². The number of carbonyl (C=O) groups excluding carboxylic acids is 1. The van der Waals surface area contributed by atoms with E-state index in [9.17, 15) is 9.59 Å². The Hall–Kier alpha value is -1.62. The van der Waals surface area contributed by atoms with Crippen molar-refractivity contribution < 1.29 is 4.79 Å². The number of aromatic amines is 1. The van der Waals surface area contributed by atoms with Crippen molar-refractivity contribution >= 4 is 5.91 Å². The molecule has 1 amide bonds. The molecule has 1 saturated carbocycles. The summed E-state index contributed by atoms with van der Waals surface area (Å²) in [6.45, 7) is 0.955. The van der Waals surface area contributed by atoms with Crippen LogP contribution in [0.5, 0.6) is 0 Å². The molecular formula is C16H23N3O2. The predicted octanol–water partition coefficient (Wildman–Crippen LogP) is 1.56. The molecule has 5 nitrogen and oxygen atoms in total. The summed E-state index contributed by atoms with van der Waals surface area (Å²) in [6, 6.07) is 4.87. The Kier molecular flexibility index (Phi) is 4.10. The first-order valence-corrected chi connectivity index (χ1v) is 7.92. The fourth-order valence-electron chi connectivity index (χ4n) is 3.73. The number of hydrogen-bond donors (Lipinski definition) is 3. The lowest BCUT2D eigenvalue weighted by Crippen LogP contribution is -2.57. The van der Waals surface area contributed by atoms with Crippen LogP contribution in [-0.4, -0.2) is 29.0 Å². The number of rotatable bonds is 2. The maximum absolute atomic E-state index is 12.2. The van der Waals surface area contributed by atoms with E-state index in [4.69, 9.17) is 0 Å². The smallest absolute Gasteiger partial charge is 0.268 e. The number of H-pyrrole nitrogens is 1. The van der Waals surface area contributed by atoms with Crippen molar-refractivity contribution in [1.29, 1.82) is 0 Å². The minimum atomic E-state index is -0.239. The van der Waals surface area contributed by atoms with Crippen molar-refractivity contribution in [3.63, 3.8) is 0 Å². The highest BCUT2D eigenvalue weighted by Gasteiger charge is 2.37. The van der Waals surface area contributed by atoms with Gasteiger partial charge >= 0.3 is 0 Å². The summed E-state index contributed by atoms with van der Waals surface area (Å²) >= 11 is 0. The van der Waals surface area contributed by atoms with Gasteiger partial charge in [0.15, 0.2) is 0 Å². The van der Waals surface area contributed by atoms with Gasteiger partial charge in [0.25, 0.3) is 5.91 Å². The largest absolute Gasteiger partial charge is 0.348 e. The third kappa shape index (κ3) is 3.35. The maximum atomic E-state index is 12.2. The second-order valence-electron chi connectivity index (χ2n) is 6.36. The Bertz CT molecular complexity index is 555. The van der Waals surface area contributed by atoms with Crippen LogP contribution in [0, 0.1) is 0 Å². The Morgan fingerprint density at radius 1 is 1.24 bits per heavy atom. The van der Waals surface area contributed by atoms with Gasteiger partial charge in [0.1, 0.15) is 5.69 Å². The molecule has 1 unspecified atom stereocenters. The number of piperidine rings is 1. The number of pyridine rings is 1. The summed E-state index contributed by atoms with van der Waals surface area (Å²) in [5, 5.41) is 6.76. The van der Waals surface area contributed by atoms with Crippen molar-refractivity contribution in [3.05, 3.63) is 34.2 Å². The van der Waals surface area contributed by atoms with Crippen molar-refractivity contribution in [3.8, 4) is 0 Å². The standard InChI is InChI=1S/C16H23N3O2/c20-14-6-4-5-13(19-14)15(21)18-12-7-10-17-16(11-12)8-2-1-3-9-16/h4-6,12,17H,1-3,7-11H2,(H,18,21)(H,19,20). The number of nitrogens with one attached hydrogen (secondary N) is 3. The number of amides is 1. The van der Waals surface area contributed by atoms with Gasteiger partial charge in [0.2, 0.25) is 5.56 Å². The van der Waals surface area contributed by atoms with E-state index in [0.717, 1.165) is 19.4 Å². The highest BCUT2D eigenvalue weighted by Crippen LogP contribution is 2.34. The minimum Gasteiger partial charge on any atom is -0.348 e. The molecule has 1 aliphatic carbocycles. The molecule has 3 rings (SSSR count). The SMILES string of the molecule is O=C(NC1CCNC2(CCCCC2)C1)c1cccc(=O)[nH]1. The normalized spacial score (nSPS) is 24.7. The molecular weight excluding hydrogens is 266 g/mol. The van der Waals surface area contributed by atoms with Crippen LogP contribution in [0.4, 0.5) is 0 Å². The molecule has 1 spiro atoms. The minimum absolute atomic E-state index is 0.175. The molecule has 2 fully saturated rings. The summed E-state index contributed by atoms with van der Waals surface area (Å²) in [6.07, 6.45) is 8.24. The fourth-order valence-corrected chi connectivity index (χ4v) is 3.73. The van der Waals surface area contributed by atoms with Crippen molar-refractivity contribution in [2.75, 3.05) is 6.54 Å². The summed E-state index contributed by atoms with van der Waals surface area (Å²) in [5.74, 6) is -0.175. The zero-order chi connectivity index (χ0) is 14.7. The van der Waals surface area contributed by atoms with E-state index in [1.165, 1.54) is 38.2 Å². The van der Waals surface area contributed by atoms with Crippen molar-refractivity contribution in [2.24, 2.45) is 0 Å². The second-order valence-corrected chi connectivity index (χ2v) is 6.36. The van der Waals surface area contributed by atoms with Gasteiger partial charge in [-0.05, 0) is 38.3 Å². The molecule has 21 heavy (non-hydrogen) atoms. The van der Waals surface area contributed by atoms with Gasteiger partial charge < -0.3 is 15.6 Å². The van der Waals surface area contributed by atoms with E-state index in [2.05, 4.69) is 15.6 Å². The van der Waals surface area contributed by atoms with Crippen LogP contribution in [0.25, 0.3) is 0 Å². The summed E-state index contributed by atoms with van der Waals surface area (Å²) < 4.78 is 0. The molecule has 5 heteroatoms. The number of hydrogen-bond acceptors (Lipinski definition) is 3. The second kappa shape index (κ2) is 6.02. The van der Waals surface area contributed by atoms with Crippen LogP contribution in [0.2, 0.25) is 0 Å². The molecule has 1 aliphatic heterocycles. The summed E-state index contributed by atoms with van der Waals surface area (Å²) in [4.78, 5) is 26.1. The molecule has 2 aliphatic rings. The van der Waals surface area contributed by atoms with Crippen LogP contribution >= 0.6 is 0 Å². The molecule has 2 heterocycles. The Morgan fingerprint density at radius 3 is 2.81 bits per heavy atom. The zero-order valence-electron chi connectivity index (χ0n) is 12.3. The van der Waals surface area contributed by atoms with Gasteiger partial charge in [-0.1, -0.05) is 25.3 Å². The number of carbonyl (C=O) groups is 1. The van der Waals surface area contributed by atoms with Crippen LogP contribution in [-0.2, 0) is 0 Å². The first-order chi connectivity index (χ1) is 10.2. The van der Waals surface area contributed by atoms with E-state index >= 15 is 0 Å². The molecule has 114 valence electrons. The number of aromatic nitrogens is 1. The highest BCUT2D eigenvalue weighted by molar-refractivity contribution is 5.92. The van der Waals surface area contributed by atoms with Gasteiger partial charge in [-0.25, -0.2) is 0 Å². The lowest BCUT2D eigenvalue weighted by Gasteiger charge is -2.44. The molecule has 1 aromatic rings. The Balaban J connectivity index is 1.64. The van der Waals surface area contributed by atoms with E-state index in [0.29, 0.717) is 5.69 Å². The predicted molar refractivity (Wildman–Crippen MR) is 81.4 cm³/mol. The van der Waals surface area contributed by atoms with E-state index < -0.39 is 0 Å². The van der Waals surface area contributed by atoms with E-state index in [1.54, 1.807) is 12.1 Å².